The highest BCUT2D eigenvalue weighted by Crippen LogP contribution is 2.28. The molecule has 0 saturated carbocycles. The van der Waals surface area contributed by atoms with E-state index < -0.39 is 0 Å². The van der Waals surface area contributed by atoms with Crippen molar-refractivity contribution in [1.82, 2.24) is 5.32 Å². The number of hydrogen-bond donors (Lipinski definition) is 1. The van der Waals surface area contributed by atoms with Crippen molar-refractivity contribution in [1.29, 1.82) is 0 Å². The lowest BCUT2D eigenvalue weighted by molar-refractivity contribution is -0.120. The maximum atomic E-state index is 12.9. The molecule has 0 aromatic heterocycles. The van der Waals surface area contributed by atoms with Gasteiger partial charge in [0.2, 0.25) is 5.91 Å². The van der Waals surface area contributed by atoms with E-state index in [0.717, 1.165) is 25.2 Å². The van der Waals surface area contributed by atoms with Crippen molar-refractivity contribution < 1.29 is 4.79 Å². The molecule has 3 nitrogen and oxygen atoms in total. The minimum atomic E-state index is -0.175. The Balaban J connectivity index is 1.43. The zero-order chi connectivity index (χ0) is 17.2. The highest BCUT2D eigenvalue weighted by molar-refractivity contribution is 5.98. The first-order valence-electron chi connectivity index (χ1n) is 9.46. The lowest BCUT2D eigenvalue weighted by Crippen LogP contribution is -2.44. The van der Waals surface area contributed by atoms with E-state index in [-0.39, 0.29) is 11.9 Å². The number of hydrogen-bond acceptors (Lipinski definition) is 2. The summed E-state index contributed by atoms with van der Waals surface area (Å²) in [5.41, 5.74) is 6.72. The Bertz CT molecular complexity index is 783. The fraction of sp³-hybridized carbons (Fsp3) is 0.409. The Hall–Kier alpha value is -2.13. The van der Waals surface area contributed by atoms with Gasteiger partial charge < -0.3 is 10.2 Å². The fourth-order valence-corrected chi connectivity index (χ4v) is 4.18. The molecule has 2 aromatic carbocycles. The van der Waals surface area contributed by atoms with Crippen molar-refractivity contribution in [3.8, 4) is 0 Å². The van der Waals surface area contributed by atoms with Gasteiger partial charge in [0.15, 0.2) is 0 Å². The van der Waals surface area contributed by atoms with E-state index in [1.165, 1.54) is 47.9 Å². The monoisotopic (exact) mass is 334 g/mol. The van der Waals surface area contributed by atoms with E-state index in [1.807, 2.05) is 24.0 Å². The Labute approximate surface area is 150 Å². The van der Waals surface area contributed by atoms with Gasteiger partial charge >= 0.3 is 0 Å². The standard InChI is InChI=1S/C22H26N2O/c1-16(22(25)24-14-13-18-8-3-5-12-21(18)24)23-15-19-10-6-9-17-7-2-4-11-20(17)19/h3,5-6,8-10,12,16,23H,2,4,7,11,13-15H2,1H3. The molecule has 25 heavy (non-hydrogen) atoms. The number of carbonyl (C=O) groups is 1. The van der Waals surface area contributed by atoms with Gasteiger partial charge in [0.05, 0.1) is 6.04 Å². The van der Waals surface area contributed by atoms with E-state index in [9.17, 15) is 4.79 Å². The zero-order valence-corrected chi connectivity index (χ0v) is 14.9. The Morgan fingerprint density at radius 3 is 2.76 bits per heavy atom. The molecule has 0 saturated heterocycles. The van der Waals surface area contributed by atoms with Gasteiger partial charge in [-0.25, -0.2) is 0 Å². The number of nitrogens with zero attached hydrogens (tertiary/aromatic N) is 1. The summed E-state index contributed by atoms with van der Waals surface area (Å²) >= 11 is 0. The van der Waals surface area contributed by atoms with Crippen molar-refractivity contribution in [3.63, 3.8) is 0 Å². The lowest BCUT2D eigenvalue weighted by atomic mass is 9.88. The molecule has 1 aliphatic heterocycles. The summed E-state index contributed by atoms with van der Waals surface area (Å²) in [5, 5.41) is 3.47. The van der Waals surface area contributed by atoms with E-state index in [2.05, 4.69) is 35.6 Å². The second-order valence-corrected chi connectivity index (χ2v) is 7.23. The number of amides is 1. The van der Waals surface area contributed by atoms with Crippen LogP contribution in [0.5, 0.6) is 0 Å². The summed E-state index contributed by atoms with van der Waals surface area (Å²) in [5.74, 6) is 0.176. The molecule has 0 radical (unpaired) electrons. The SMILES string of the molecule is CC(NCc1cccc2c1CCCC2)C(=O)N1CCc2ccccc21. The minimum absolute atomic E-state index is 0.175. The lowest BCUT2D eigenvalue weighted by Gasteiger charge is -2.24. The maximum absolute atomic E-state index is 12.9. The molecule has 0 bridgehead atoms. The Kier molecular flexibility index (Phi) is 4.58. The average molecular weight is 334 g/mol. The molecule has 1 amide bonds. The van der Waals surface area contributed by atoms with Gasteiger partial charge in [-0.3, -0.25) is 4.79 Å². The molecule has 130 valence electrons. The van der Waals surface area contributed by atoms with Crippen LogP contribution in [-0.4, -0.2) is 18.5 Å². The summed E-state index contributed by atoms with van der Waals surface area (Å²) < 4.78 is 0. The number of fused-ring (bicyclic) bond motifs is 2. The predicted molar refractivity (Wildman–Crippen MR) is 102 cm³/mol. The molecule has 1 aliphatic carbocycles. The smallest absolute Gasteiger partial charge is 0.243 e. The van der Waals surface area contributed by atoms with Crippen molar-refractivity contribution in [2.24, 2.45) is 0 Å². The van der Waals surface area contributed by atoms with Gasteiger partial charge in [-0.1, -0.05) is 36.4 Å². The van der Waals surface area contributed by atoms with E-state index in [4.69, 9.17) is 0 Å². The van der Waals surface area contributed by atoms with Crippen LogP contribution >= 0.6 is 0 Å². The van der Waals surface area contributed by atoms with Crippen molar-refractivity contribution >= 4 is 11.6 Å². The first-order valence-corrected chi connectivity index (χ1v) is 9.46. The largest absolute Gasteiger partial charge is 0.310 e. The Morgan fingerprint density at radius 2 is 1.84 bits per heavy atom. The Morgan fingerprint density at radius 1 is 1.04 bits per heavy atom. The molecule has 1 atom stereocenters. The quantitative estimate of drug-likeness (QED) is 0.926. The van der Waals surface area contributed by atoms with Gasteiger partial charge in [-0.2, -0.15) is 0 Å². The van der Waals surface area contributed by atoms with Crippen LogP contribution in [0.1, 0.15) is 42.0 Å². The number of rotatable bonds is 4. The molecule has 2 aromatic rings. The van der Waals surface area contributed by atoms with E-state index >= 15 is 0 Å². The third kappa shape index (κ3) is 3.21. The molecule has 1 N–H and O–H groups in total. The zero-order valence-electron chi connectivity index (χ0n) is 14.9. The maximum Gasteiger partial charge on any atom is 0.243 e. The highest BCUT2D eigenvalue weighted by atomic mass is 16.2. The van der Waals surface area contributed by atoms with Crippen LogP contribution < -0.4 is 10.2 Å². The van der Waals surface area contributed by atoms with Crippen LogP contribution in [0.4, 0.5) is 5.69 Å². The molecule has 0 fully saturated rings. The van der Waals surface area contributed by atoms with Crippen molar-refractivity contribution in [2.45, 2.75) is 51.6 Å². The van der Waals surface area contributed by atoms with Gasteiger partial charge in [-0.15, -0.1) is 0 Å². The van der Waals surface area contributed by atoms with Gasteiger partial charge in [0.25, 0.3) is 0 Å². The van der Waals surface area contributed by atoms with Gasteiger partial charge in [-0.05, 0) is 67.3 Å². The number of nitrogens with one attached hydrogen (secondary N) is 1. The molecule has 1 heterocycles. The number of benzene rings is 2. The summed E-state index contributed by atoms with van der Waals surface area (Å²) in [7, 11) is 0. The molecule has 0 spiro atoms. The van der Waals surface area contributed by atoms with Gasteiger partial charge in [0.1, 0.15) is 0 Å². The normalized spacial score (nSPS) is 17.1. The van der Waals surface area contributed by atoms with Crippen molar-refractivity contribution in [2.75, 3.05) is 11.4 Å². The number of carbonyl (C=O) groups excluding carboxylic acids is 1. The van der Waals surface area contributed by atoms with E-state index in [0.29, 0.717) is 0 Å². The molecule has 2 aliphatic rings. The summed E-state index contributed by atoms with van der Waals surface area (Å²) in [6, 6.07) is 14.7. The third-order valence-electron chi connectivity index (χ3n) is 5.62. The third-order valence-corrected chi connectivity index (χ3v) is 5.62. The predicted octanol–water partition coefficient (Wildman–Crippen LogP) is 3.63. The first kappa shape index (κ1) is 16.3. The second-order valence-electron chi connectivity index (χ2n) is 7.23. The van der Waals surface area contributed by atoms with Gasteiger partial charge in [0, 0.05) is 18.8 Å². The van der Waals surface area contributed by atoms with Crippen LogP contribution in [0.25, 0.3) is 0 Å². The van der Waals surface area contributed by atoms with Crippen LogP contribution in [0.3, 0.4) is 0 Å². The van der Waals surface area contributed by atoms with E-state index in [1.54, 1.807) is 0 Å². The number of para-hydroxylation sites is 1. The van der Waals surface area contributed by atoms with Crippen LogP contribution in [0.15, 0.2) is 42.5 Å². The molecule has 4 rings (SSSR count). The van der Waals surface area contributed by atoms with Crippen LogP contribution in [0, 0.1) is 0 Å². The first-order chi connectivity index (χ1) is 12.2. The molecule has 1 unspecified atom stereocenters. The summed E-state index contributed by atoms with van der Waals surface area (Å²) in [4.78, 5) is 14.8. The minimum Gasteiger partial charge on any atom is -0.310 e. The van der Waals surface area contributed by atoms with Crippen LogP contribution in [0.2, 0.25) is 0 Å². The number of aryl methyl sites for hydroxylation is 1. The van der Waals surface area contributed by atoms with Crippen molar-refractivity contribution in [3.05, 3.63) is 64.7 Å². The fourth-order valence-electron chi connectivity index (χ4n) is 4.18. The molecular formula is C22H26N2O. The number of anilines is 1. The summed E-state index contributed by atoms with van der Waals surface area (Å²) in [6.07, 6.45) is 5.91. The van der Waals surface area contributed by atoms with Crippen LogP contribution in [-0.2, 0) is 30.6 Å². The molecule has 3 heteroatoms. The average Bonchev–Trinajstić information content (AvgIpc) is 3.09. The molecular weight excluding hydrogens is 308 g/mol. The highest BCUT2D eigenvalue weighted by Gasteiger charge is 2.27. The summed E-state index contributed by atoms with van der Waals surface area (Å²) in [6.45, 7) is 3.55. The topological polar surface area (TPSA) is 32.3 Å². The second kappa shape index (κ2) is 7.01.